The summed E-state index contributed by atoms with van der Waals surface area (Å²) in [6, 6.07) is 0.251. The number of aromatic nitrogens is 2. The lowest BCUT2D eigenvalue weighted by Gasteiger charge is -2.30. The molecular weight excluding hydrogens is 327 g/mol. The lowest BCUT2D eigenvalue weighted by Crippen LogP contribution is -2.47. The summed E-state index contributed by atoms with van der Waals surface area (Å²) >= 11 is 0. The molecule has 3 N–H and O–H groups in total. The third-order valence-electron chi connectivity index (χ3n) is 3.72. The van der Waals surface area contributed by atoms with Crippen LogP contribution in [0.3, 0.4) is 0 Å². The Labute approximate surface area is 136 Å². The minimum Gasteiger partial charge on any atom is -0.351 e. The van der Waals surface area contributed by atoms with E-state index < -0.39 is 23.8 Å². The van der Waals surface area contributed by atoms with Gasteiger partial charge in [-0.2, -0.15) is 13.2 Å². The molecule has 0 aromatic carbocycles. The molecule has 10 heteroatoms. The van der Waals surface area contributed by atoms with Gasteiger partial charge in [-0.05, 0) is 25.8 Å². The lowest BCUT2D eigenvalue weighted by atomic mass is 9.97. The zero-order chi connectivity index (χ0) is 17.9. The summed E-state index contributed by atoms with van der Waals surface area (Å²) in [7, 11) is 0. The van der Waals surface area contributed by atoms with Crippen molar-refractivity contribution in [2.45, 2.75) is 32.5 Å². The monoisotopic (exact) mass is 345 g/mol. The van der Waals surface area contributed by atoms with E-state index in [9.17, 15) is 22.8 Å². The molecule has 0 aliphatic carbocycles. The number of likely N-dealkylation sites (tertiary alicyclic amines) is 1. The van der Waals surface area contributed by atoms with Crippen LogP contribution in [0.5, 0.6) is 0 Å². The SMILES string of the molecule is Cc1cc(C(F)(F)F)nc(CNC(=O)C2CCCN(C(N)=O)C2)n1. The number of nitrogens with zero attached hydrogens (tertiary/aromatic N) is 3. The van der Waals surface area contributed by atoms with Gasteiger partial charge in [0.15, 0.2) is 0 Å². The molecule has 1 atom stereocenters. The van der Waals surface area contributed by atoms with Gasteiger partial charge in [-0.1, -0.05) is 0 Å². The van der Waals surface area contributed by atoms with Gasteiger partial charge in [-0.25, -0.2) is 14.8 Å². The van der Waals surface area contributed by atoms with Gasteiger partial charge in [0.1, 0.15) is 11.5 Å². The molecule has 1 saturated heterocycles. The van der Waals surface area contributed by atoms with Crippen LogP contribution in [0.1, 0.15) is 30.1 Å². The van der Waals surface area contributed by atoms with Gasteiger partial charge in [-0.3, -0.25) is 4.79 Å². The van der Waals surface area contributed by atoms with Crippen LogP contribution in [0, 0.1) is 12.8 Å². The highest BCUT2D eigenvalue weighted by Gasteiger charge is 2.33. The van der Waals surface area contributed by atoms with E-state index in [1.165, 1.54) is 11.8 Å². The van der Waals surface area contributed by atoms with E-state index in [1.54, 1.807) is 0 Å². The highest BCUT2D eigenvalue weighted by Crippen LogP contribution is 2.27. The predicted octanol–water partition coefficient (Wildman–Crippen LogP) is 1.21. The Morgan fingerprint density at radius 2 is 2.12 bits per heavy atom. The summed E-state index contributed by atoms with van der Waals surface area (Å²) in [4.78, 5) is 32.0. The zero-order valence-electron chi connectivity index (χ0n) is 13.1. The van der Waals surface area contributed by atoms with Gasteiger partial charge in [0.25, 0.3) is 0 Å². The second kappa shape index (κ2) is 7.02. The van der Waals surface area contributed by atoms with Gasteiger partial charge in [-0.15, -0.1) is 0 Å². The topological polar surface area (TPSA) is 101 Å². The Bertz CT molecular complexity index is 635. The number of rotatable bonds is 3. The molecule has 3 amide bonds. The summed E-state index contributed by atoms with van der Waals surface area (Å²) in [6.07, 6.45) is -3.35. The number of halogens is 3. The Morgan fingerprint density at radius 1 is 1.42 bits per heavy atom. The maximum Gasteiger partial charge on any atom is 0.433 e. The third kappa shape index (κ3) is 4.56. The number of hydrogen-bond acceptors (Lipinski definition) is 4. The van der Waals surface area contributed by atoms with Gasteiger partial charge < -0.3 is 16.0 Å². The molecular formula is C14H18F3N5O2. The lowest BCUT2D eigenvalue weighted by molar-refractivity contribution is -0.141. The largest absolute Gasteiger partial charge is 0.433 e. The fraction of sp³-hybridized carbons (Fsp3) is 0.571. The summed E-state index contributed by atoms with van der Waals surface area (Å²) in [5.41, 5.74) is 4.32. The number of nitrogens with two attached hydrogens (primary N) is 1. The van der Waals surface area contributed by atoms with Crippen molar-refractivity contribution in [3.63, 3.8) is 0 Å². The molecule has 2 rings (SSSR count). The van der Waals surface area contributed by atoms with Crippen LogP contribution in [-0.4, -0.2) is 39.9 Å². The van der Waals surface area contributed by atoms with Crippen molar-refractivity contribution in [1.82, 2.24) is 20.2 Å². The first-order valence-electron chi connectivity index (χ1n) is 7.40. The van der Waals surface area contributed by atoms with Gasteiger partial charge in [0.05, 0.1) is 12.5 Å². The Kier molecular flexibility index (Phi) is 5.25. The first kappa shape index (κ1) is 18.0. The number of urea groups is 1. The number of piperidine rings is 1. The second-order valence-electron chi connectivity index (χ2n) is 5.65. The normalized spacial score (nSPS) is 18.3. The van der Waals surface area contributed by atoms with E-state index in [0.717, 1.165) is 6.07 Å². The summed E-state index contributed by atoms with van der Waals surface area (Å²) in [5.74, 6) is -0.920. The quantitative estimate of drug-likeness (QED) is 0.860. The molecule has 1 aliphatic heterocycles. The number of primary amides is 1. The predicted molar refractivity (Wildman–Crippen MR) is 77.5 cm³/mol. The molecule has 0 spiro atoms. The molecule has 132 valence electrons. The molecule has 0 saturated carbocycles. The number of aryl methyl sites for hydroxylation is 1. The van der Waals surface area contributed by atoms with E-state index >= 15 is 0 Å². The fourth-order valence-corrected chi connectivity index (χ4v) is 2.56. The molecule has 7 nitrogen and oxygen atoms in total. The first-order chi connectivity index (χ1) is 11.2. The van der Waals surface area contributed by atoms with Crippen LogP contribution >= 0.6 is 0 Å². The number of hydrogen-bond donors (Lipinski definition) is 2. The standard InChI is InChI=1S/C14H18F3N5O2/c1-8-5-10(14(15,16)17)21-11(20-8)6-19-12(23)9-3-2-4-22(7-9)13(18)24/h5,9H,2-4,6-7H2,1H3,(H2,18,24)(H,19,23). The fourth-order valence-electron chi connectivity index (χ4n) is 2.56. The summed E-state index contributed by atoms with van der Waals surface area (Å²) in [6.45, 7) is 1.91. The van der Waals surface area contributed by atoms with Crippen LogP contribution in [0.25, 0.3) is 0 Å². The van der Waals surface area contributed by atoms with E-state index in [4.69, 9.17) is 5.73 Å². The van der Waals surface area contributed by atoms with Gasteiger partial charge >= 0.3 is 12.2 Å². The Morgan fingerprint density at radius 3 is 2.75 bits per heavy atom. The van der Waals surface area contributed by atoms with Crippen LogP contribution in [0.2, 0.25) is 0 Å². The molecule has 1 fully saturated rings. The summed E-state index contributed by atoms with van der Waals surface area (Å²) < 4.78 is 38.2. The van der Waals surface area contributed by atoms with Crippen molar-refractivity contribution in [2.75, 3.05) is 13.1 Å². The third-order valence-corrected chi connectivity index (χ3v) is 3.72. The summed E-state index contributed by atoms with van der Waals surface area (Å²) in [5, 5.41) is 2.52. The molecule has 1 unspecified atom stereocenters. The Hall–Kier alpha value is -2.39. The minimum absolute atomic E-state index is 0.113. The number of carbonyl (C=O) groups excluding carboxylic acids is 2. The van der Waals surface area contributed by atoms with Crippen LogP contribution in [0.4, 0.5) is 18.0 Å². The highest BCUT2D eigenvalue weighted by molar-refractivity contribution is 5.80. The van der Waals surface area contributed by atoms with Crippen molar-refractivity contribution in [1.29, 1.82) is 0 Å². The number of alkyl halides is 3. The maximum absolute atomic E-state index is 12.7. The molecule has 0 radical (unpaired) electrons. The molecule has 24 heavy (non-hydrogen) atoms. The molecule has 2 heterocycles. The van der Waals surface area contributed by atoms with Gasteiger partial charge in [0, 0.05) is 18.8 Å². The Balaban J connectivity index is 1.99. The first-order valence-corrected chi connectivity index (χ1v) is 7.40. The maximum atomic E-state index is 12.7. The van der Waals surface area contributed by atoms with E-state index in [-0.39, 0.29) is 30.5 Å². The molecule has 0 bridgehead atoms. The molecule has 1 aromatic rings. The van der Waals surface area contributed by atoms with Crippen molar-refractivity contribution in [3.05, 3.63) is 23.3 Å². The smallest absolute Gasteiger partial charge is 0.351 e. The minimum atomic E-state index is -4.57. The van der Waals surface area contributed by atoms with Crippen molar-refractivity contribution in [2.24, 2.45) is 11.7 Å². The van der Waals surface area contributed by atoms with Crippen molar-refractivity contribution in [3.8, 4) is 0 Å². The zero-order valence-corrected chi connectivity index (χ0v) is 13.1. The van der Waals surface area contributed by atoms with E-state index in [0.29, 0.717) is 19.4 Å². The molecule has 1 aliphatic rings. The van der Waals surface area contributed by atoms with E-state index in [2.05, 4.69) is 15.3 Å². The number of nitrogens with one attached hydrogen (secondary N) is 1. The average Bonchev–Trinajstić information content (AvgIpc) is 2.51. The second-order valence-corrected chi connectivity index (χ2v) is 5.65. The van der Waals surface area contributed by atoms with Crippen LogP contribution in [-0.2, 0) is 17.5 Å². The number of carbonyl (C=O) groups is 2. The van der Waals surface area contributed by atoms with Crippen LogP contribution < -0.4 is 11.1 Å². The molecule has 1 aromatic heterocycles. The van der Waals surface area contributed by atoms with Crippen molar-refractivity contribution >= 4 is 11.9 Å². The highest BCUT2D eigenvalue weighted by atomic mass is 19.4. The average molecular weight is 345 g/mol. The van der Waals surface area contributed by atoms with Crippen LogP contribution in [0.15, 0.2) is 6.07 Å². The number of amides is 3. The van der Waals surface area contributed by atoms with Crippen molar-refractivity contribution < 1.29 is 22.8 Å². The van der Waals surface area contributed by atoms with E-state index in [1.807, 2.05) is 0 Å². The van der Waals surface area contributed by atoms with Gasteiger partial charge in [0.2, 0.25) is 5.91 Å².